The number of halogens is 1. The number of aromatic nitrogens is 3. The Kier molecular flexibility index (Phi) is 18.7. The van der Waals surface area contributed by atoms with Crippen molar-refractivity contribution >= 4 is 77.2 Å². The molecule has 3 heterocycles. The first-order valence-electron chi connectivity index (χ1n) is 17.2. The Balaban J connectivity index is 0.000000308. The van der Waals surface area contributed by atoms with Crippen molar-refractivity contribution in [3.8, 4) is 18.1 Å². The summed E-state index contributed by atoms with van der Waals surface area (Å²) in [5.41, 5.74) is 0.937. The van der Waals surface area contributed by atoms with Crippen molar-refractivity contribution < 1.29 is 47.8 Å². The zero-order valence-corrected chi connectivity index (χ0v) is 35.3. The summed E-state index contributed by atoms with van der Waals surface area (Å²) in [6, 6.07) is 2.37. The van der Waals surface area contributed by atoms with Crippen LogP contribution >= 0.6 is 19.4 Å². The minimum Gasteiger partial charge on any atom is -0.778 e. The maximum atomic E-state index is 14.7. The van der Waals surface area contributed by atoms with Gasteiger partial charge in [-0.3, -0.25) is 29.4 Å². The number of benzene rings is 1. The predicted molar refractivity (Wildman–Crippen MR) is 216 cm³/mol. The van der Waals surface area contributed by atoms with E-state index in [-0.39, 0.29) is 41.7 Å². The standard InChI is InChI=1S/C19H15FN2O4.C10H19N5S.C3H8NO5P.C3H9S/c1-2-7-21-15-9-14(13(20)8-16(15)26-10-17(21)23)22-18(24)11-5-3-4-6-12(11)19(22)25;1-6-11-7-12-8(15-10(2,3)4)14-9(13-7)16-5;5-3(6)1-4-2-10(7,8)9;1-4(2)3/h1,8-9H,3-7,10H2;6H2,1-5H3,(H2,11,12,13,14,15);4H,1-2H2,(H,5,6)(H2,7,8,9);1-3H3/q;;;+1/p-1. The molecule has 5 N–H and O–H groups in total. The van der Waals surface area contributed by atoms with Crippen LogP contribution in [0, 0.1) is 18.2 Å². The lowest BCUT2D eigenvalue weighted by atomic mass is 9.93. The quantitative estimate of drug-likeness (QED) is 0.0760. The highest BCUT2D eigenvalue weighted by molar-refractivity contribution is 7.98. The molecule has 1 aliphatic carbocycles. The number of carboxylic acids is 1. The second kappa shape index (κ2) is 21.9. The SMILES string of the molecule is C#CCN1C(=O)COc2cc(F)c(N3C(=O)C4=C(CCCC4)C3=O)cc21.CCNc1nc(NC(C)(C)C)nc(SC)n1.C[S+](C)C.O=C(O)CNCP(=O)([O-])O. The van der Waals surface area contributed by atoms with Crippen LogP contribution in [0.2, 0.25) is 0 Å². The van der Waals surface area contributed by atoms with Gasteiger partial charge in [0.05, 0.1) is 49.5 Å². The minimum absolute atomic E-state index is 0.0170. The Morgan fingerprint density at radius 3 is 2.14 bits per heavy atom. The van der Waals surface area contributed by atoms with E-state index in [1.807, 2.05) is 18.5 Å². The number of rotatable bonds is 10. The monoisotopic (exact) mass is 840 g/mol. The van der Waals surface area contributed by atoms with Crippen LogP contribution in [0.25, 0.3) is 0 Å². The number of carbonyl (C=O) groups excluding carboxylic acids is 3. The molecule has 56 heavy (non-hydrogen) atoms. The number of terminal acetylenes is 1. The van der Waals surface area contributed by atoms with Crippen molar-refractivity contribution in [2.45, 2.75) is 64.1 Å². The first-order chi connectivity index (χ1) is 26.1. The van der Waals surface area contributed by atoms with E-state index in [0.29, 0.717) is 46.8 Å². The van der Waals surface area contributed by atoms with Crippen molar-refractivity contribution in [1.29, 1.82) is 0 Å². The summed E-state index contributed by atoms with van der Waals surface area (Å²) >= 11 is 1.51. The highest BCUT2D eigenvalue weighted by atomic mass is 32.2. The Morgan fingerprint density at radius 1 is 1.09 bits per heavy atom. The number of hydrogen-bond acceptors (Lipinski definition) is 14. The molecular weight excluding hydrogens is 791 g/mol. The number of hydrogen-bond donors (Lipinski definition) is 5. The third-order valence-electron chi connectivity index (χ3n) is 7.06. The smallest absolute Gasteiger partial charge is 0.317 e. The fourth-order valence-corrected chi connectivity index (χ4v) is 5.74. The van der Waals surface area contributed by atoms with Crippen LogP contribution in [0.5, 0.6) is 5.75 Å². The lowest BCUT2D eigenvalue weighted by molar-refractivity contribution is -0.193. The highest BCUT2D eigenvalue weighted by Gasteiger charge is 2.41. The third-order valence-corrected chi connectivity index (χ3v) is 8.23. The molecule has 0 saturated heterocycles. The molecule has 2 aliphatic heterocycles. The van der Waals surface area contributed by atoms with Gasteiger partial charge in [-0.05, 0) is 76.6 Å². The first kappa shape index (κ1) is 47.9. The maximum absolute atomic E-state index is 14.7. The van der Waals surface area contributed by atoms with Gasteiger partial charge in [0.1, 0.15) is 13.3 Å². The number of imide groups is 1. The fraction of sp³-hybridized carbons (Fsp3) is 0.514. The molecule has 0 saturated carbocycles. The van der Waals surface area contributed by atoms with Crippen molar-refractivity contribution in [3.63, 3.8) is 0 Å². The Labute approximate surface area is 333 Å². The number of nitrogens with one attached hydrogen (secondary N) is 3. The molecular formula is C35H50FN8O9PS2. The number of ether oxygens (including phenoxy) is 1. The lowest BCUT2D eigenvalue weighted by Gasteiger charge is -2.29. The summed E-state index contributed by atoms with van der Waals surface area (Å²) in [6.07, 6.45) is 15.8. The van der Waals surface area contributed by atoms with Crippen molar-refractivity contribution in [2.24, 2.45) is 0 Å². The number of anilines is 4. The van der Waals surface area contributed by atoms with Crippen LogP contribution in [0.15, 0.2) is 28.4 Å². The van der Waals surface area contributed by atoms with Crippen LogP contribution < -0.4 is 35.4 Å². The molecule has 2 aromatic rings. The van der Waals surface area contributed by atoms with Gasteiger partial charge < -0.3 is 34.8 Å². The van der Waals surface area contributed by atoms with Crippen LogP contribution in [0.4, 0.5) is 27.7 Å². The molecule has 0 radical (unpaired) electrons. The van der Waals surface area contributed by atoms with Gasteiger partial charge in [-0.15, -0.1) is 6.42 Å². The van der Waals surface area contributed by atoms with Gasteiger partial charge in [-0.2, -0.15) is 15.0 Å². The van der Waals surface area contributed by atoms with Gasteiger partial charge in [0.15, 0.2) is 17.6 Å². The van der Waals surface area contributed by atoms with E-state index < -0.39 is 44.0 Å². The Morgan fingerprint density at radius 2 is 1.66 bits per heavy atom. The number of amides is 3. The first-order valence-corrected chi connectivity index (χ1v) is 22.6. The molecule has 17 nitrogen and oxygen atoms in total. The van der Waals surface area contributed by atoms with Crippen LogP contribution in [-0.4, -0.2) is 112 Å². The average Bonchev–Trinajstić information content (AvgIpc) is 3.33. The highest BCUT2D eigenvalue weighted by Crippen LogP contribution is 2.41. The number of aliphatic carboxylic acids is 1. The average molecular weight is 841 g/mol. The summed E-state index contributed by atoms with van der Waals surface area (Å²) in [5, 5.41) is 17.0. The van der Waals surface area contributed by atoms with E-state index in [4.69, 9.17) is 21.2 Å². The van der Waals surface area contributed by atoms with Gasteiger partial charge in [-0.25, -0.2) is 9.29 Å². The molecule has 3 amide bonds. The Hall–Kier alpha value is -4.25. The largest absolute Gasteiger partial charge is 0.778 e. The minimum atomic E-state index is -4.35. The summed E-state index contributed by atoms with van der Waals surface area (Å²) < 4.78 is 29.9. The third kappa shape index (κ3) is 15.4. The number of carbonyl (C=O) groups is 4. The van der Waals surface area contributed by atoms with Gasteiger partial charge in [-0.1, -0.05) is 17.7 Å². The van der Waals surface area contributed by atoms with Crippen molar-refractivity contribution in [1.82, 2.24) is 20.3 Å². The van der Waals surface area contributed by atoms with Gasteiger partial charge in [0.2, 0.25) is 11.9 Å². The second-order valence-corrected chi connectivity index (χ2v) is 18.4. The van der Waals surface area contributed by atoms with E-state index in [1.54, 1.807) is 0 Å². The lowest BCUT2D eigenvalue weighted by Crippen LogP contribution is -2.39. The van der Waals surface area contributed by atoms with Crippen LogP contribution in [-0.2, 0) is 34.6 Å². The summed E-state index contributed by atoms with van der Waals surface area (Å²) in [4.78, 5) is 80.2. The van der Waals surface area contributed by atoms with Crippen molar-refractivity contribution in [3.05, 3.63) is 29.1 Å². The zero-order chi connectivity index (χ0) is 42.4. The van der Waals surface area contributed by atoms with Gasteiger partial charge in [0.25, 0.3) is 17.7 Å². The number of fused-ring (bicyclic) bond motifs is 1. The molecule has 1 atom stereocenters. The van der Waals surface area contributed by atoms with E-state index in [1.165, 1.54) is 22.7 Å². The normalized spacial score (nSPS) is 15.7. The predicted octanol–water partition coefficient (Wildman–Crippen LogP) is 2.82. The van der Waals surface area contributed by atoms with E-state index in [2.05, 4.69) is 71.0 Å². The molecule has 1 aromatic heterocycles. The number of nitrogens with zero attached hydrogens (tertiary/aromatic N) is 5. The topological polar surface area (TPSA) is 239 Å². The van der Waals surface area contributed by atoms with Gasteiger partial charge in [0, 0.05) is 29.3 Å². The molecule has 0 fully saturated rings. The molecule has 0 spiro atoms. The van der Waals surface area contributed by atoms with E-state index >= 15 is 0 Å². The maximum Gasteiger partial charge on any atom is 0.317 e. The summed E-state index contributed by atoms with van der Waals surface area (Å²) in [5.74, 6) is 0.466. The molecule has 308 valence electrons. The Bertz CT molecular complexity index is 1830. The fourth-order valence-electron chi connectivity index (χ4n) is 4.99. The molecule has 5 rings (SSSR count). The van der Waals surface area contributed by atoms with E-state index in [0.717, 1.165) is 35.5 Å². The molecule has 1 aromatic carbocycles. The zero-order valence-electron chi connectivity index (χ0n) is 32.7. The molecule has 0 bridgehead atoms. The number of carboxylic acid groups (broad SMARTS) is 1. The van der Waals surface area contributed by atoms with E-state index in [9.17, 15) is 33.0 Å². The second-order valence-electron chi connectivity index (χ2n) is 13.6. The molecule has 1 unspecified atom stereocenters. The van der Waals surface area contributed by atoms with Crippen LogP contribution in [0.3, 0.4) is 0 Å². The summed E-state index contributed by atoms with van der Waals surface area (Å²) in [7, 11) is -3.71. The number of thioether (sulfide) groups is 1. The molecule has 21 heteroatoms. The van der Waals surface area contributed by atoms with Gasteiger partial charge >= 0.3 is 5.97 Å². The summed E-state index contributed by atoms with van der Waals surface area (Å²) in [6.45, 7) is 8.29. The van der Waals surface area contributed by atoms with Crippen molar-refractivity contribution in [2.75, 3.05) is 78.0 Å². The van der Waals surface area contributed by atoms with Crippen LogP contribution in [0.1, 0.15) is 53.4 Å². The molecule has 3 aliphatic rings.